The van der Waals surface area contributed by atoms with Gasteiger partial charge in [-0.1, -0.05) is 6.07 Å². The molecule has 0 aliphatic heterocycles. The highest BCUT2D eigenvalue weighted by molar-refractivity contribution is 5.47. The van der Waals surface area contributed by atoms with Gasteiger partial charge in [0.15, 0.2) is 0 Å². The van der Waals surface area contributed by atoms with Crippen LogP contribution in [-0.2, 0) is 0 Å². The van der Waals surface area contributed by atoms with E-state index < -0.39 is 0 Å². The van der Waals surface area contributed by atoms with Crippen molar-refractivity contribution in [1.82, 2.24) is 0 Å². The third kappa shape index (κ3) is 2.23. The van der Waals surface area contributed by atoms with Gasteiger partial charge in [0, 0.05) is 11.8 Å². The summed E-state index contributed by atoms with van der Waals surface area (Å²) in [7, 11) is 1.62. The van der Waals surface area contributed by atoms with E-state index in [1.54, 1.807) is 7.11 Å². The van der Waals surface area contributed by atoms with Crippen LogP contribution >= 0.6 is 0 Å². The van der Waals surface area contributed by atoms with Gasteiger partial charge in [-0.15, -0.1) is 0 Å². The smallest absolute Gasteiger partial charge is 0.128 e. The number of nitrogens with zero attached hydrogens (tertiary/aromatic N) is 1. The molecule has 0 saturated heterocycles. The van der Waals surface area contributed by atoms with Crippen molar-refractivity contribution >= 4 is 5.69 Å². The fourth-order valence-electron chi connectivity index (χ4n) is 0.864. The highest BCUT2D eigenvalue weighted by atomic mass is 16.5. The van der Waals surface area contributed by atoms with Gasteiger partial charge in [-0.2, -0.15) is 5.11 Å². The standard InChI is InChI=1S/C8H11N3O/c1-12-8-4-2-3-7(5-8)10-6-11-9/h2-5,9-10H,6H2,1H3. The molecular formula is C8H11N3O. The minimum absolute atomic E-state index is 0.299. The number of rotatable bonds is 4. The fourth-order valence-corrected chi connectivity index (χ4v) is 0.864. The van der Waals surface area contributed by atoms with Crippen molar-refractivity contribution in [2.75, 3.05) is 19.1 Å². The van der Waals surface area contributed by atoms with Gasteiger partial charge in [0.2, 0.25) is 0 Å². The molecule has 4 heteroatoms. The Morgan fingerprint density at radius 3 is 3.08 bits per heavy atom. The summed E-state index contributed by atoms with van der Waals surface area (Å²) in [6.45, 7) is 0.299. The van der Waals surface area contributed by atoms with Crippen LogP contribution < -0.4 is 10.1 Å². The van der Waals surface area contributed by atoms with Crippen LogP contribution in [0.4, 0.5) is 5.69 Å². The average molecular weight is 165 g/mol. The first-order valence-electron chi connectivity index (χ1n) is 3.58. The van der Waals surface area contributed by atoms with Crippen molar-refractivity contribution in [2.45, 2.75) is 0 Å². The van der Waals surface area contributed by atoms with Crippen molar-refractivity contribution in [1.29, 1.82) is 5.53 Å². The largest absolute Gasteiger partial charge is 0.497 e. The normalized spacial score (nSPS) is 9.08. The van der Waals surface area contributed by atoms with Crippen LogP contribution in [-0.4, -0.2) is 13.8 Å². The molecule has 0 unspecified atom stereocenters. The summed E-state index contributed by atoms with van der Waals surface area (Å²) < 4.78 is 5.02. The third-order valence-corrected chi connectivity index (χ3v) is 1.43. The average Bonchev–Trinajstić information content (AvgIpc) is 2.15. The van der Waals surface area contributed by atoms with Crippen LogP contribution in [0.3, 0.4) is 0 Å². The van der Waals surface area contributed by atoms with E-state index in [1.165, 1.54) is 0 Å². The summed E-state index contributed by atoms with van der Waals surface area (Å²) in [6, 6.07) is 7.49. The summed E-state index contributed by atoms with van der Waals surface area (Å²) in [4.78, 5) is 0. The van der Waals surface area contributed by atoms with E-state index in [2.05, 4.69) is 10.4 Å². The Labute approximate surface area is 71.1 Å². The lowest BCUT2D eigenvalue weighted by molar-refractivity contribution is 0.415. The second kappa shape index (κ2) is 4.33. The van der Waals surface area contributed by atoms with Gasteiger partial charge in [0.1, 0.15) is 12.4 Å². The number of nitrogens with one attached hydrogen (secondary N) is 2. The van der Waals surface area contributed by atoms with Crippen molar-refractivity contribution < 1.29 is 4.74 Å². The number of anilines is 1. The molecule has 0 spiro atoms. The molecule has 0 aliphatic carbocycles. The van der Waals surface area contributed by atoms with Crippen LogP contribution in [0, 0.1) is 5.53 Å². The highest BCUT2D eigenvalue weighted by Crippen LogP contribution is 2.16. The quantitative estimate of drug-likeness (QED) is 0.671. The van der Waals surface area contributed by atoms with Gasteiger partial charge >= 0.3 is 0 Å². The van der Waals surface area contributed by atoms with Gasteiger partial charge in [0.05, 0.1) is 7.11 Å². The highest BCUT2D eigenvalue weighted by Gasteiger charge is 1.92. The summed E-state index contributed by atoms with van der Waals surface area (Å²) in [5.74, 6) is 0.796. The molecule has 12 heavy (non-hydrogen) atoms. The lowest BCUT2D eigenvalue weighted by atomic mass is 10.3. The molecule has 0 amide bonds. The van der Waals surface area contributed by atoms with Gasteiger partial charge in [0.25, 0.3) is 0 Å². The maximum Gasteiger partial charge on any atom is 0.128 e. The third-order valence-electron chi connectivity index (χ3n) is 1.43. The summed E-state index contributed by atoms with van der Waals surface area (Å²) >= 11 is 0. The van der Waals surface area contributed by atoms with E-state index in [0.29, 0.717) is 6.67 Å². The predicted molar refractivity (Wildman–Crippen MR) is 46.6 cm³/mol. The van der Waals surface area contributed by atoms with E-state index in [0.717, 1.165) is 11.4 Å². The van der Waals surface area contributed by atoms with E-state index >= 15 is 0 Å². The SMILES string of the molecule is COc1cccc(NCN=N)c1. The van der Waals surface area contributed by atoms with Crippen molar-refractivity contribution in [2.24, 2.45) is 5.11 Å². The minimum Gasteiger partial charge on any atom is -0.497 e. The molecule has 0 fully saturated rings. The number of hydrogen-bond donors (Lipinski definition) is 2. The monoisotopic (exact) mass is 165 g/mol. The zero-order valence-electron chi connectivity index (χ0n) is 6.87. The zero-order chi connectivity index (χ0) is 8.81. The molecule has 0 aliphatic rings. The van der Waals surface area contributed by atoms with E-state index in [-0.39, 0.29) is 0 Å². The van der Waals surface area contributed by atoms with Crippen LogP contribution in [0.15, 0.2) is 29.4 Å². The molecule has 4 nitrogen and oxygen atoms in total. The summed E-state index contributed by atoms with van der Waals surface area (Å²) in [5, 5.41) is 6.12. The van der Waals surface area contributed by atoms with Gasteiger partial charge < -0.3 is 10.1 Å². The Balaban J connectivity index is 2.65. The molecule has 2 N–H and O–H groups in total. The van der Waals surface area contributed by atoms with Gasteiger partial charge in [-0.05, 0) is 12.1 Å². The maximum absolute atomic E-state index is 6.58. The number of ether oxygens (including phenoxy) is 1. The van der Waals surface area contributed by atoms with E-state index in [1.807, 2.05) is 24.3 Å². The Morgan fingerprint density at radius 1 is 1.58 bits per heavy atom. The van der Waals surface area contributed by atoms with Gasteiger partial charge in [-0.25, -0.2) is 5.53 Å². The number of methoxy groups -OCH3 is 1. The first-order valence-corrected chi connectivity index (χ1v) is 3.58. The molecular weight excluding hydrogens is 154 g/mol. The Bertz CT molecular complexity index is 262. The maximum atomic E-state index is 6.58. The topological polar surface area (TPSA) is 57.5 Å². The second-order valence-corrected chi connectivity index (χ2v) is 2.22. The van der Waals surface area contributed by atoms with Gasteiger partial charge in [-0.3, -0.25) is 0 Å². The van der Waals surface area contributed by atoms with Crippen molar-refractivity contribution in [3.63, 3.8) is 0 Å². The fraction of sp³-hybridized carbons (Fsp3) is 0.250. The zero-order valence-corrected chi connectivity index (χ0v) is 6.87. The summed E-state index contributed by atoms with van der Waals surface area (Å²) in [5.41, 5.74) is 7.49. The Hall–Kier alpha value is -1.58. The van der Waals surface area contributed by atoms with Crippen LogP contribution in [0.2, 0.25) is 0 Å². The van der Waals surface area contributed by atoms with Crippen LogP contribution in [0.25, 0.3) is 0 Å². The Morgan fingerprint density at radius 2 is 2.42 bits per heavy atom. The molecule has 0 saturated carbocycles. The number of hydrogen-bond acceptors (Lipinski definition) is 4. The van der Waals surface area contributed by atoms with Crippen LogP contribution in [0.5, 0.6) is 5.75 Å². The van der Waals surface area contributed by atoms with E-state index in [4.69, 9.17) is 10.3 Å². The molecule has 0 bridgehead atoms. The second-order valence-electron chi connectivity index (χ2n) is 2.22. The predicted octanol–water partition coefficient (Wildman–Crippen LogP) is 2.10. The Kier molecular flexibility index (Phi) is 3.07. The lowest BCUT2D eigenvalue weighted by Crippen LogP contribution is -1.97. The molecule has 0 aromatic heterocycles. The lowest BCUT2D eigenvalue weighted by Gasteiger charge is -2.04. The molecule has 0 heterocycles. The molecule has 1 aromatic carbocycles. The molecule has 1 aromatic rings. The molecule has 0 radical (unpaired) electrons. The van der Waals surface area contributed by atoms with Crippen molar-refractivity contribution in [3.05, 3.63) is 24.3 Å². The first kappa shape index (κ1) is 8.52. The molecule has 64 valence electrons. The van der Waals surface area contributed by atoms with Crippen molar-refractivity contribution in [3.8, 4) is 5.75 Å². The molecule has 0 atom stereocenters. The summed E-state index contributed by atoms with van der Waals surface area (Å²) in [6.07, 6.45) is 0. The van der Waals surface area contributed by atoms with E-state index in [9.17, 15) is 0 Å². The molecule has 1 rings (SSSR count). The minimum atomic E-state index is 0.299. The first-order chi connectivity index (χ1) is 5.86. The number of benzene rings is 1. The van der Waals surface area contributed by atoms with Crippen LogP contribution in [0.1, 0.15) is 0 Å².